The van der Waals surface area contributed by atoms with E-state index in [9.17, 15) is 9.59 Å². The predicted octanol–water partition coefficient (Wildman–Crippen LogP) is 4.61. The highest BCUT2D eigenvalue weighted by Gasteiger charge is 2.29. The number of amides is 1. The number of carbonyl (C=O) groups excluding carboxylic acids is 2. The van der Waals surface area contributed by atoms with Gasteiger partial charge in [-0.15, -0.1) is 0 Å². The Balaban J connectivity index is 1.53. The maximum atomic E-state index is 12.7. The molecule has 1 heterocycles. The predicted molar refractivity (Wildman–Crippen MR) is 112 cm³/mol. The number of alkyl carbamates (subject to hydrolysis) is 1. The Morgan fingerprint density at radius 3 is 2.63 bits per heavy atom. The molecule has 6 nitrogen and oxygen atoms in total. The highest BCUT2D eigenvalue weighted by atomic mass is 16.7. The number of allylic oxidation sites excluding steroid dienone is 2. The molecular formula is C24H25NO5. The van der Waals surface area contributed by atoms with E-state index in [1.807, 2.05) is 48.5 Å². The fourth-order valence-corrected chi connectivity index (χ4v) is 3.66. The van der Waals surface area contributed by atoms with Crippen molar-refractivity contribution in [3.8, 4) is 11.5 Å². The van der Waals surface area contributed by atoms with Crippen LogP contribution < -0.4 is 14.8 Å². The second kappa shape index (κ2) is 8.22. The molecule has 2 aromatic rings. The quantitative estimate of drug-likeness (QED) is 0.783. The molecule has 30 heavy (non-hydrogen) atoms. The Morgan fingerprint density at radius 2 is 1.87 bits per heavy atom. The molecule has 0 fully saturated rings. The van der Waals surface area contributed by atoms with Crippen LogP contribution in [-0.4, -0.2) is 18.7 Å². The Kier molecular flexibility index (Phi) is 5.48. The molecule has 0 spiro atoms. The first-order valence-electron chi connectivity index (χ1n) is 10.0. The molecule has 2 aromatic carbocycles. The molecule has 0 radical (unpaired) electrons. The number of Topliss-reactive ketones (excluding diaryl/α,β-unsaturated/α-hetero) is 1. The van der Waals surface area contributed by atoms with Crippen molar-refractivity contribution in [3.05, 3.63) is 65.2 Å². The van der Waals surface area contributed by atoms with Gasteiger partial charge in [0.2, 0.25) is 6.79 Å². The van der Waals surface area contributed by atoms with Gasteiger partial charge in [0.05, 0.1) is 0 Å². The zero-order valence-electron chi connectivity index (χ0n) is 17.2. The van der Waals surface area contributed by atoms with Crippen molar-refractivity contribution in [3.63, 3.8) is 0 Å². The third-order valence-electron chi connectivity index (χ3n) is 5.36. The van der Waals surface area contributed by atoms with Crippen LogP contribution in [0.25, 0.3) is 5.57 Å². The number of rotatable bonds is 5. The molecule has 1 aliphatic heterocycles. The van der Waals surface area contributed by atoms with E-state index in [1.165, 1.54) is 0 Å². The van der Waals surface area contributed by atoms with E-state index in [0.717, 1.165) is 23.1 Å². The van der Waals surface area contributed by atoms with E-state index in [-0.39, 0.29) is 31.1 Å². The van der Waals surface area contributed by atoms with E-state index in [4.69, 9.17) is 14.2 Å². The van der Waals surface area contributed by atoms with E-state index in [0.29, 0.717) is 23.5 Å². The molecule has 2 aliphatic rings. The average Bonchev–Trinajstić information content (AvgIpc) is 3.20. The van der Waals surface area contributed by atoms with Gasteiger partial charge >= 0.3 is 6.09 Å². The minimum absolute atomic E-state index is 0.0705. The van der Waals surface area contributed by atoms with Gasteiger partial charge in [0.1, 0.15) is 6.61 Å². The summed E-state index contributed by atoms with van der Waals surface area (Å²) >= 11 is 0. The Morgan fingerprint density at radius 1 is 1.13 bits per heavy atom. The van der Waals surface area contributed by atoms with Crippen molar-refractivity contribution in [2.24, 2.45) is 5.41 Å². The van der Waals surface area contributed by atoms with Crippen LogP contribution in [0.5, 0.6) is 11.5 Å². The van der Waals surface area contributed by atoms with Crippen LogP contribution in [0.4, 0.5) is 4.79 Å². The SMILES string of the molecule is CC1(C)C=C(c2cc3c(cc2CNC(=O)OCc2ccccc2)OCO3)C(=O)CC1. The van der Waals surface area contributed by atoms with Crippen molar-refractivity contribution in [2.45, 2.75) is 39.8 Å². The molecule has 0 unspecified atom stereocenters. The molecule has 0 bridgehead atoms. The number of fused-ring (bicyclic) bond motifs is 1. The smallest absolute Gasteiger partial charge is 0.407 e. The van der Waals surface area contributed by atoms with E-state index >= 15 is 0 Å². The lowest BCUT2D eigenvalue weighted by atomic mass is 9.76. The third-order valence-corrected chi connectivity index (χ3v) is 5.36. The van der Waals surface area contributed by atoms with Gasteiger partial charge in [-0.3, -0.25) is 4.79 Å². The molecule has 0 atom stereocenters. The monoisotopic (exact) mass is 407 g/mol. The molecule has 1 N–H and O–H groups in total. The molecule has 156 valence electrons. The first-order valence-corrected chi connectivity index (χ1v) is 10.0. The highest BCUT2D eigenvalue weighted by molar-refractivity contribution is 6.22. The fourth-order valence-electron chi connectivity index (χ4n) is 3.66. The van der Waals surface area contributed by atoms with Gasteiger partial charge in [-0.05, 0) is 40.7 Å². The number of ketones is 1. The summed E-state index contributed by atoms with van der Waals surface area (Å²) in [5, 5.41) is 2.78. The van der Waals surface area contributed by atoms with Crippen LogP contribution in [0.3, 0.4) is 0 Å². The lowest BCUT2D eigenvalue weighted by Gasteiger charge is -2.27. The highest BCUT2D eigenvalue weighted by Crippen LogP contribution is 2.41. The van der Waals surface area contributed by atoms with E-state index in [2.05, 4.69) is 19.2 Å². The van der Waals surface area contributed by atoms with Gasteiger partial charge in [-0.25, -0.2) is 4.79 Å². The van der Waals surface area contributed by atoms with Crippen molar-refractivity contribution < 1.29 is 23.8 Å². The summed E-state index contributed by atoms with van der Waals surface area (Å²) in [4.78, 5) is 24.9. The van der Waals surface area contributed by atoms with Crippen LogP contribution in [0.2, 0.25) is 0 Å². The Labute approximate surface area is 175 Å². The van der Waals surface area contributed by atoms with Gasteiger partial charge in [0.25, 0.3) is 0 Å². The molecule has 4 rings (SSSR count). The molecular weight excluding hydrogens is 382 g/mol. The summed E-state index contributed by atoms with van der Waals surface area (Å²) in [6.45, 7) is 4.78. The average molecular weight is 407 g/mol. The Bertz CT molecular complexity index is 994. The minimum atomic E-state index is -0.522. The summed E-state index contributed by atoms with van der Waals surface area (Å²) in [6.07, 6.45) is 2.82. The third kappa shape index (κ3) is 4.48. The molecule has 1 aliphatic carbocycles. The molecule has 6 heteroatoms. The van der Waals surface area contributed by atoms with E-state index in [1.54, 1.807) is 0 Å². The van der Waals surface area contributed by atoms with Crippen molar-refractivity contribution in [2.75, 3.05) is 6.79 Å². The van der Waals surface area contributed by atoms with Crippen LogP contribution in [0.1, 0.15) is 43.4 Å². The molecule has 0 saturated heterocycles. The van der Waals surface area contributed by atoms with Crippen molar-refractivity contribution >= 4 is 17.4 Å². The van der Waals surface area contributed by atoms with Gasteiger partial charge < -0.3 is 19.5 Å². The summed E-state index contributed by atoms with van der Waals surface area (Å²) in [5.74, 6) is 1.31. The maximum absolute atomic E-state index is 12.7. The minimum Gasteiger partial charge on any atom is -0.454 e. The number of carbonyl (C=O) groups is 2. The number of nitrogens with one attached hydrogen (secondary N) is 1. The number of ether oxygens (including phenoxy) is 3. The first-order chi connectivity index (χ1) is 14.4. The largest absolute Gasteiger partial charge is 0.454 e. The lowest BCUT2D eigenvalue weighted by molar-refractivity contribution is -0.114. The summed E-state index contributed by atoms with van der Waals surface area (Å²) in [7, 11) is 0. The van der Waals surface area contributed by atoms with Crippen LogP contribution in [0.15, 0.2) is 48.5 Å². The number of hydrogen-bond acceptors (Lipinski definition) is 5. The van der Waals surface area contributed by atoms with E-state index < -0.39 is 6.09 Å². The Hall–Kier alpha value is -3.28. The van der Waals surface area contributed by atoms with Gasteiger partial charge in [-0.2, -0.15) is 0 Å². The number of hydrogen-bond donors (Lipinski definition) is 1. The van der Waals surface area contributed by atoms with Gasteiger partial charge in [-0.1, -0.05) is 50.3 Å². The standard InChI is InChI=1S/C24H25NO5/c1-24(2)9-8-20(26)19(12-24)18-11-22-21(29-15-30-22)10-17(18)13-25-23(27)28-14-16-6-4-3-5-7-16/h3-7,10-12H,8-9,13-15H2,1-2H3,(H,25,27). The molecule has 0 saturated carbocycles. The maximum Gasteiger partial charge on any atom is 0.407 e. The van der Waals surface area contributed by atoms with Gasteiger partial charge in [0, 0.05) is 18.5 Å². The molecule has 1 amide bonds. The normalized spacial score (nSPS) is 16.7. The lowest BCUT2D eigenvalue weighted by Crippen LogP contribution is -2.25. The van der Waals surface area contributed by atoms with Crippen molar-refractivity contribution in [1.29, 1.82) is 0 Å². The zero-order chi connectivity index (χ0) is 21.1. The molecule has 0 aromatic heterocycles. The summed E-state index contributed by atoms with van der Waals surface area (Å²) in [6, 6.07) is 13.1. The fraction of sp³-hybridized carbons (Fsp3) is 0.333. The number of benzene rings is 2. The first kappa shape index (κ1) is 20.0. The topological polar surface area (TPSA) is 73.9 Å². The second-order valence-electron chi connectivity index (χ2n) is 8.25. The van der Waals surface area contributed by atoms with Crippen LogP contribution >= 0.6 is 0 Å². The van der Waals surface area contributed by atoms with Crippen molar-refractivity contribution in [1.82, 2.24) is 5.32 Å². The van der Waals surface area contributed by atoms with Crippen LogP contribution in [0, 0.1) is 5.41 Å². The second-order valence-corrected chi connectivity index (χ2v) is 8.25. The van der Waals surface area contributed by atoms with Crippen LogP contribution in [-0.2, 0) is 22.7 Å². The summed E-state index contributed by atoms with van der Waals surface area (Å²) in [5.41, 5.74) is 3.06. The summed E-state index contributed by atoms with van der Waals surface area (Å²) < 4.78 is 16.3. The zero-order valence-corrected chi connectivity index (χ0v) is 17.2. The van der Waals surface area contributed by atoms with Gasteiger partial charge in [0.15, 0.2) is 17.3 Å².